The second-order valence-electron chi connectivity index (χ2n) is 7.18. The molecule has 3 rings (SSSR count). The molecule has 28 heavy (non-hydrogen) atoms. The Balaban J connectivity index is 1.71. The minimum Gasteiger partial charge on any atom is -0.497 e. The average molecular weight is 407 g/mol. The normalized spacial score (nSPS) is 18.2. The molecule has 8 nitrogen and oxygen atoms in total. The topological polar surface area (TPSA) is 93.5 Å². The van der Waals surface area contributed by atoms with Gasteiger partial charge in [-0.3, -0.25) is 4.79 Å². The molecule has 0 spiro atoms. The van der Waals surface area contributed by atoms with Gasteiger partial charge in [0.25, 0.3) is 10.0 Å². The van der Waals surface area contributed by atoms with Gasteiger partial charge < -0.3 is 14.6 Å². The summed E-state index contributed by atoms with van der Waals surface area (Å²) in [6, 6.07) is 7.21. The first-order valence-electron chi connectivity index (χ1n) is 9.30. The molecule has 1 saturated heterocycles. The number of carbonyl (C=O) groups is 1. The molecule has 1 aliphatic rings. The number of imidazole rings is 1. The lowest BCUT2D eigenvalue weighted by Crippen LogP contribution is -2.43. The molecule has 1 aromatic carbocycles. The zero-order valence-electron chi connectivity index (χ0n) is 16.3. The summed E-state index contributed by atoms with van der Waals surface area (Å²) in [7, 11) is -2.16. The van der Waals surface area contributed by atoms with E-state index in [-0.39, 0.29) is 23.5 Å². The van der Waals surface area contributed by atoms with Crippen molar-refractivity contribution in [3.8, 4) is 5.75 Å². The second kappa shape index (κ2) is 8.32. The maximum atomic E-state index is 12.9. The number of anilines is 1. The van der Waals surface area contributed by atoms with E-state index in [1.165, 1.54) is 10.6 Å². The van der Waals surface area contributed by atoms with Gasteiger partial charge in [-0.1, -0.05) is 6.07 Å². The first-order chi connectivity index (χ1) is 13.3. The van der Waals surface area contributed by atoms with Crippen molar-refractivity contribution in [3.63, 3.8) is 0 Å². The van der Waals surface area contributed by atoms with E-state index < -0.39 is 15.9 Å². The van der Waals surface area contributed by atoms with Gasteiger partial charge in [0, 0.05) is 37.1 Å². The summed E-state index contributed by atoms with van der Waals surface area (Å²) in [6.07, 6.45) is 4.33. The zero-order chi connectivity index (χ0) is 20.3. The molecule has 1 N–H and O–H groups in total. The summed E-state index contributed by atoms with van der Waals surface area (Å²) in [5.41, 5.74) is 0.625. The summed E-state index contributed by atoms with van der Waals surface area (Å²) >= 11 is 0. The molecule has 2 heterocycles. The second-order valence-corrected chi connectivity index (χ2v) is 9.06. The summed E-state index contributed by atoms with van der Waals surface area (Å²) in [5.74, 6) is 0.0363. The number of nitrogens with zero attached hydrogens (tertiary/aromatic N) is 3. The largest absolute Gasteiger partial charge is 0.497 e. The monoisotopic (exact) mass is 406 g/mol. The minimum atomic E-state index is -3.72. The molecule has 9 heteroatoms. The van der Waals surface area contributed by atoms with Crippen molar-refractivity contribution in [1.29, 1.82) is 0 Å². The van der Waals surface area contributed by atoms with E-state index in [2.05, 4.69) is 10.3 Å². The van der Waals surface area contributed by atoms with Crippen LogP contribution in [0.3, 0.4) is 0 Å². The van der Waals surface area contributed by atoms with Gasteiger partial charge in [0.2, 0.25) is 5.91 Å². The molecule has 0 aliphatic carbocycles. The lowest BCUT2D eigenvalue weighted by Gasteiger charge is -2.30. The minimum absolute atomic E-state index is 0.0232. The Hall–Kier alpha value is -2.39. The average Bonchev–Trinajstić information content (AvgIpc) is 3.20. The van der Waals surface area contributed by atoms with Crippen LogP contribution in [0.1, 0.15) is 32.7 Å². The summed E-state index contributed by atoms with van der Waals surface area (Å²) < 4.78 is 34.1. The van der Waals surface area contributed by atoms with Gasteiger partial charge in [-0.25, -0.2) is 13.4 Å². The van der Waals surface area contributed by atoms with E-state index in [0.29, 0.717) is 30.8 Å². The number of sulfonamides is 1. The SMILES string of the molecule is COc1cccc(NC(=O)[C@H]2CCCN(S(=O)(=O)c3cn(C(C)C)cn3)C2)c1. The molecular formula is C19H26N4O4S. The quantitative estimate of drug-likeness (QED) is 0.796. The van der Waals surface area contributed by atoms with Crippen LogP contribution in [0.5, 0.6) is 5.75 Å². The van der Waals surface area contributed by atoms with Gasteiger partial charge in [0.05, 0.1) is 19.4 Å². The van der Waals surface area contributed by atoms with Crippen LogP contribution in [0.4, 0.5) is 5.69 Å². The highest BCUT2D eigenvalue weighted by atomic mass is 32.2. The molecular weight excluding hydrogens is 380 g/mol. The number of carbonyl (C=O) groups excluding carboxylic acids is 1. The first kappa shape index (κ1) is 20.3. The van der Waals surface area contributed by atoms with Gasteiger partial charge in [-0.05, 0) is 38.8 Å². The van der Waals surface area contributed by atoms with E-state index in [1.807, 2.05) is 13.8 Å². The molecule has 1 aromatic heterocycles. The Labute approximate surface area is 165 Å². The van der Waals surface area contributed by atoms with Crippen molar-refractivity contribution in [2.24, 2.45) is 5.92 Å². The highest BCUT2D eigenvalue weighted by Crippen LogP contribution is 2.25. The summed E-state index contributed by atoms with van der Waals surface area (Å²) in [6.45, 7) is 4.45. The van der Waals surface area contributed by atoms with Crippen molar-refractivity contribution in [1.82, 2.24) is 13.9 Å². The van der Waals surface area contributed by atoms with Crippen LogP contribution in [-0.4, -0.2) is 48.4 Å². The van der Waals surface area contributed by atoms with E-state index in [0.717, 1.165) is 0 Å². The van der Waals surface area contributed by atoms with Crippen molar-refractivity contribution in [2.45, 2.75) is 37.8 Å². The highest BCUT2D eigenvalue weighted by Gasteiger charge is 2.34. The number of hydrogen-bond acceptors (Lipinski definition) is 5. The van der Waals surface area contributed by atoms with E-state index >= 15 is 0 Å². The van der Waals surface area contributed by atoms with Gasteiger partial charge in [-0.2, -0.15) is 4.31 Å². The predicted molar refractivity (Wildman–Crippen MR) is 106 cm³/mol. The number of aromatic nitrogens is 2. The maximum Gasteiger partial charge on any atom is 0.262 e. The molecule has 1 fully saturated rings. The van der Waals surface area contributed by atoms with Crippen molar-refractivity contribution >= 4 is 21.6 Å². The molecule has 0 radical (unpaired) electrons. The third-order valence-electron chi connectivity index (χ3n) is 4.87. The Bertz CT molecular complexity index is 939. The smallest absolute Gasteiger partial charge is 0.262 e. The Morgan fingerprint density at radius 3 is 2.82 bits per heavy atom. The van der Waals surface area contributed by atoms with Crippen molar-refractivity contribution in [3.05, 3.63) is 36.8 Å². The molecule has 1 atom stereocenters. The maximum absolute atomic E-state index is 12.9. The number of benzene rings is 1. The fourth-order valence-corrected chi connectivity index (χ4v) is 4.63. The van der Waals surface area contributed by atoms with Gasteiger partial charge in [-0.15, -0.1) is 0 Å². The molecule has 0 saturated carbocycles. The highest BCUT2D eigenvalue weighted by molar-refractivity contribution is 7.89. The molecule has 0 unspecified atom stereocenters. The molecule has 1 aliphatic heterocycles. The van der Waals surface area contributed by atoms with Crippen LogP contribution in [-0.2, 0) is 14.8 Å². The van der Waals surface area contributed by atoms with Crippen LogP contribution < -0.4 is 10.1 Å². The Morgan fingerprint density at radius 1 is 1.36 bits per heavy atom. The van der Waals surface area contributed by atoms with Crippen LogP contribution in [0.15, 0.2) is 41.8 Å². The predicted octanol–water partition coefficient (Wildman–Crippen LogP) is 2.51. The number of ether oxygens (including phenoxy) is 1. The number of rotatable bonds is 6. The molecule has 1 amide bonds. The zero-order valence-corrected chi connectivity index (χ0v) is 17.1. The standard InChI is InChI=1S/C19H26N4O4S/c1-14(2)22-12-18(20-13-22)28(25,26)23-9-5-6-15(11-23)19(24)21-16-7-4-8-17(10-16)27-3/h4,7-8,10,12-15H,5-6,9,11H2,1-3H3,(H,21,24)/t15-/m0/s1. The van der Waals surface area contributed by atoms with E-state index in [9.17, 15) is 13.2 Å². The van der Waals surface area contributed by atoms with Gasteiger partial charge >= 0.3 is 0 Å². The Kier molecular flexibility index (Phi) is 6.04. The van der Waals surface area contributed by atoms with Crippen LogP contribution in [0, 0.1) is 5.92 Å². The third-order valence-corrected chi connectivity index (χ3v) is 6.62. The van der Waals surface area contributed by atoms with Crippen LogP contribution in [0.2, 0.25) is 0 Å². The fourth-order valence-electron chi connectivity index (χ4n) is 3.19. The molecule has 2 aromatic rings. The number of amides is 1. The lowest BCUT2D eigenvalue weighted by atomic mass is 9.98. The number of nitrogens with one attached hydrogen (secondary N) is 1. The molecule has 0 bridgehead atoms. The number of piperidine rings is 1. The third kappa shape index (κ3) is 4.36. The van der Waals surface area contributed by atoms with E-state index in [1.54, 1.807) is 42.1 Å². The van der Waals surface area contributed by atoms with Crippen molar-refractivity contribution < 1.29 is 17.9 Å². The number of methoxy groups -OCH3 is 1. The number of hydrogen-bond donors (Lipinski definition) is 1. The van der Waals surface area contributed by atoms with Crippen LogP contribution >= 0.6 is 0 Å². The lowest BCUT2D eigenvalue weighted by molar-refractivity contribution is -0.120. The summed E-state index contributed by atoms with van der Waals surface area (Å²) in [4.78, 5) is 16.7. The van der Waals surface area contributed by atoms with E-state index in [4.69, 9.17) is 4.74 Å². The fraction of sp³-hybridized carbons (Fsp3) is 0.474. The molecule has 152 valence electrons. The van der Waals surface area contributed by atoms with Gasteiger partial charge in [0.1, 0.15) is 5.75 Å². The van der Waals surface area contributed by atoms with Crippen molar-refractivity contribution in [2.75, 3.05) is 25.5 Å². The first-order valence-corrected chi connectivity index (χ1v) is 10.7. The van der Waals surface area contributed by atoms with Crippen LogP contribution in [0.25, 0.3) is 0 Å². The summed E-state index contributed by atoms with van der Waals surface area (Å²) in [5, 5.41) is 2.88. The van der Waals surface area contributed by atoms with Gasteiger partial charge in [0.15, 0.2) is 5.03 Å². The Morgan fingerprint density at radius 2 is 2.14 bits per heavy atom.